The number of rotatable bonds is 4. The van der Waals surface area contributed by atoms with E-state index in [0.29, 0.717) is 17.2 Å². The van der Waals surface area contributed by atoms with E-state index in [1.54, 1.807) is 12.1 Å². The standard InChI is InChI=1S/C17H14FNO2/c1-12-2-4-13(5-3-12)17-10-15(19-21-17)11-20-16-8-6-14(18)7-9-16/h2-10H,11H2,1H3. The summed E-state index contributed by atoms with van der Waals surface area (Å²) in [5.41, 5.74) is 2.86. The highest BCUT2D eigenvalue weighted by Crippen LogP contribution is 2.21. The Kier molecular flexibility index (Phi) is 3.69. The molecule has 3 aromatic rings. The number of aromatic nitrogens is 1. The first-order chi connectivity index (χ1) is 10.2. The van der Waals surface area contributed by atoms with Gasteiger partial charge >= 0.3 is 0 Å². The van der Waals surface area contributed by atoms with Crippen LogP contribution in [0.2, 0.25) is 0 Å². The van der Waals surface area contributed by atoms with Crippen LogP contribution < -0.4 is 4.74 Å². The van der Waals surface area contributed by atoms with Crippen molar-refractivity contribution in [3.8, 4) is 17.1 Å². The summed E-state index contributed by atoms with van der Waals surface area (Å²) in [6.07, 6.45) is 0. The van der Waals surface area contributed by atoms with Crippen molar-refractivity contribution in [3.05, 3.63) is 71.7 Å². The molecule has 4 heteroatoms. The van der Waals surface area contributed by atoms with Crippen LogP contribution in [0.4, 0.5) is 4.39 Å². The van der Waals surface area contributed by atoms with Crippen LogP contribution in [0.5, 0.6) is 5.75 Å². The molecular formula is C17H14FNO2. The molecule has 21 heavy (non-hydrogen) atoms. The molecule has 106 valence electrons. The van der Waals surface area contributed by atoms with Gasteiger partial charge in [0.25, 0.3) is 0 Å². The second kappa shape index (κ2) is 5.79. The van der Waals surface area contributed by atoms with Crippen molar-refractivity contribution < 1.29 is 13.7 Å². The highest BCUT2D eigenvalue weighted by molar-refractivity contribution is 5.57. The minimum absolute atomic E-state index is 0.279. The van der Waals surface area contributed by atoms with E-state index in [1.165, 1.54) is 17.7 Å². The van der Waals surface area contributed by atoms with Crippen LogP contribution in [0.15, 0.2) is 59.1 Å². The average molecular weight is 283 g/mol. The summed E-state index contributed by atoms with van der Waals surface area (Å²) in [5, 5.41) is 3.97. The van der Waals surface area contributed by atoms with Crippen molar-refractivity contribution >= 4 is 0 Å². The maximum absolute atomic E-state index is 12.8. The maximum atomic E-state index is 12.8. The molecule has 0 saturated heterocycles. The topological polar surface area (TPSA) is 35.3 Å². The molecule has 0 saturated carbocycles. The third kappa shape index (κ3) is 3.28. The zero-order valence-electron chi connectivity index (χ0n) is 11.5. The van der Waals surface area contributed by atoms with Crippen LogP contribution in [0.3, 0.4) is 0 Å². The van der Waals surface area contributed by atoms with Gasteiger partial charge in [-0.05, 0) is 31.2 Å². The third-order valence-corrected chi connectivity index (χ3v) is 3.10. The molecule has 0 amide bonds. The Bertz CT molecular complexity index is 717. The predicted molar refractivity (Wildman–Crippen MR) is 77.4 cm³/mol. The summed E-state index contributed by atoms with van der Waals surface area (Å²) < 4.78 is 23.6. The average Bonchev–Trinajstić information content (AvgIpc) is 2.96. The number of hydrogen-bond acceptors (Lipinski definition) is 3. The van der Waals surface area contributed by atoms with Crippen molar-refractivity contribution in [2.75, 3.05) is 0 Å². The molecule has 3 nitrogen and oxygen atoms in total. The van der Waals surface area contributed by atoms with Gasteiger partial charge in [-0.25, -0.2) is 4.39 Å². The molecule has 3 rings (SSSR count). The summed E-state index contributed by atoms with van der Waals surface area (Å²) in [6.45, 7) is 2.31. The monoisotopic (exact) mass is 283 g/mol. The Labute approximate surface area is 122 Å². The van der Waals surface area contributed by atoms with Gasteiger partial charge in [0, 0.05) is 11.6 Å². The molecule has 0 aliphatic heterocycles. The summed E-state index contributed by atoms with van der Waals surface area (Å²) in [5.74, 6) is 1.01. The van der Waals surface area contributed by atoms with Gasteiger partial charge in [0.15, 0.2) is 5.76 Å². The van der Waals surface area contributed by atoms with Crippen LogP contribution in [0.1, 0.15) is 11.3 Å². The van der Waals surface area contributed by atoms with E-state index in [4.69, 9.17) is 9.26 Å². The summed E-state index contributed by atoms with van der Waals surface area (Å²) in [4.78, 5) is 0. The van der Waals surface area contributed by atoms with Gasteiger partial charge in [-0.1, -0.05) is 35.0 Å². The number of aryl methyl sites for hydroxylation is 1. The van der Waals surface area contributed by atoms with E-state index in [1.807, 2.05) is 37.3 Å². The highest BCUT2D eigenvalue weighted by Gasteiger charge is 2.07. The largest absolute Gasteiger partial charge is 0.487 e. The van der Waals surface area contributed by atoms with E-state index in [9.17, 15) is 4.39 Å². The SMILES string of the molecule is Cc1ccc(-c2cc(COc3ccc(F)cc3)no2)cc1. The fraction of sp³-hybridized carbons (Fsp3) is 0.118. The van der Waals surface area contributed by atoms with Gasteiger partial charge in [0.2, 0.25) is 0 Å². The molecule has 0 bridgehead atoms. The number of hydrogen-bond donors (Lipinski definition) is 0. The quantitative estimate of drug-likeness (QED) is 0.713. The van der Waals surface area contributed by atoms with Crippen LogP contribution in [0, 0.1) is 12.7 Å². The molecule has 0 radical (unpaired) electrons. The van der Waals surface area contributed by atoms with Crippen molar-refractivity contribution in [1.29, 1.82) is 0 Å². The molecule has 0 spiro atoms. The fourth-order valence-corrected chi connectivity index (χ4v) is 1.92. The van der Waals surface area contributed by atoms with E-state index in [-0.39, 0.29) is 12.4 Å². The summed E-state index contributed by atoms with van der Waals surface area (Å²) in [7, 11) is 0. The predicted octanol–water partition coefficient (Wildman–Crippen LogP) is 4.37. The minimum Gasteiger partial charge on any atom is -0.487 e. The van der Waals surface area contributed by atoms with Crippen LogP contribution in [-0.2, 0) is 6.61 Å². The maximum Gasteiger partial charge on any atom is 0.167 e. The van der Waals surface area contributed by atoms with Crippen molar-refractivity contribution in [2.24, 2.45) is 0 Å². The molecule has 0 unspecified atom stereocenters. The molecule has 2 aromatic carbocycles. The van der Waals surface area contributed by atoms with Crippen molar-refractivity contribution in [3.63, 3.8) is 0 Å². The Morgan fingerprint density at radius 1 is 1.05 bits per heavy atom. The fourth-order valence-electron chi connectivity index (χ4n) is 1.92. The molecule has 0 aliphatic carbocycles. The van der Waals surface area contributed by atoms with Gasteiger partial charge in [0.05, 0.1) is 0 Å². The lowest BCUT2D eigenvalue weighted by atomic mass is 10.1. The zero-order chi connectivity index (χ0) is 14.7. The zero-order valence-corrected chi connectivity index (χ0v) is 11.5. The van der Waals surface area contributed by atoms with E-state index >= 15 is 0 Å². The number of nitrogens with zero attached hydrogens (tertiary/aromatic N) is 1. The first-order valence-corrected chi connectivity index (χ1v) is 6.62. The Balaban J connectivity index is 1.67. The first-order valence-electron chi connectivity index (χ1n) is 6.62. The number of halogens is 1. The minimum atomic E-state index is -0.287. The Hall–Kier alpha value is -2.62. The van der Waals surface area contributed by atoms with Crippen molar-refractivity contribution in [1.82, 2.24) is 5.16 Å². The van der Waals surface area contributed by atoms with Crippen molar-refractivity contribution in [2.45, 2.75) is 13.5 Å². The van der Waals surface area contributed by atoms with Gasteiger partial charge in [-0.2, -0.15) is 0 Å². The molecular weight excluding hydrogens is 269 g/mol. The molecule has 0 fully saturated rings. The Morgan fingerprint density at radius 2 is 1.76 bits per heavy atom. The summed E-state index contributed by atoms with van der Waals surface area (Å²) >= 11 is 0. The van der Waals surface area contributed by atoms with Gasteiger partial charge in [-0.3, -0.25) is 0 Å². The normalized spacial score (nSPS) is 10.6. The lowest BCUT2D eigenvalue weighted by Gasteiger charge is -2.02. The third-order valence-electron chi connectivity index (χ3n) is 3.10. The van der Waals surface area contributed by atoms with Crippen LogP contribution >= 0.6 is 0 Å². The molecule has 1 aromatic heterocycles. The number of ether oxygens (including phenoxy) is 1. The number of benzene rings is 2. The van der Waals surface area contributed by atoms with E-state index in [0.717, 1.165) is 5.56 Å². The second-order valence-electron chi connectivity index (χ2n) is 4.79. The lowest BCUT2D eigenvalue weighted by Crippen LogP contribution is -1.95. The lowest BCUT2D eigenvalue weighted by molar-refractivity contribution is 0.289. The molecule has 1 heterocycles. The van der Waals surface area contributed by atoms with Crippen LogP contribution in [0.25, 0.3) is 11.3 Å². The first kappa shape index (κ1) is 13.4. The van der Waals surface area contributed by atoms with Gasteiger partial charge in [-0.15, -0.1) is 0 Å². The van der Waals surface area contributed by atoms with E-state index in [2.05, 4.69) is 5.16 Å². The molecule has 0 aliphatic rings. The van der Waals surface area contributed by atoms with Gasteiger partial charge in [0.1, 0.15) is 23.9 Å². The second-order valence-corrected chi connectivity index (χ2v) is 4.79. The van der Waals surface area contributed by atoms with Gasteiger partial charge < -0.3 is 9.26 Å². The molecule has 0 atom stereocenters. The van der Waals surface area contributed by atoms with Crippen LogP contribution in [-0.4, -0.2) is 5.16 Å². The Morgan fingerprint density at radius 3 is 2.48 bits per heavy atom. The molecule has 0 N–H and O–H groups in total. The highest BCUT2D eigenvalue weighted by atomic mass is 19.1. The smallest absolute Gasteiger partial charge is 0.167 e. The van der Waals surface area contributed by atoms with E-state index < -0.39 is 0 Å². The summed E-state index contributed by atoms with van der Waals surface area (Å²) in [6, 6.07) is 15.7.